The van der Waals surface area contributed by atoms with E-state index < -0.39 is 39.9 Å². The number of halogens is 3. The first-order chi connectivity index (χ1) is 14.5. The molecule has 1 aliphatic rings. The van der Waals surface area contributed by atoms with Crippen LogP contribution in [0.4, 0.5) is 23.7 Å². The third-order valence-electron chi connectivity index (χ3n) is 4.80. The van der Waals surface area contributed by atoms with Gasteiger partial charge >= 0.3 is 6.03 Å². The number of rotatable bonds is 6. The van der Waals surface area contributed by atoms with Gasteiger partial charge in [-0.15, -0.1) is 0 Å². The van der Waals surface area contributed by atoms with Crippen LogP contribution < -0.4 is 20.1 Å². The quantitative estimate of drug-likeness (QED) is 0.618. The van der Waals surface area contributed by atoms with Crippen molar-refractivity contribution in [3.8, 4) is 5.75 Å². The summed E-state index contributed by atoms with van der Waals surface area (Å²) in [4.78, 5) is 12.4. The lowest BCUT2D eigenvalue weighted by molar-refractivity contribution is -0.0825. The molecule has 0 saturated heterocycles. The van der Waals surface area contributed by atoms with Crippen molar-refractivity contribution in [1.82, 2.24) is 10.6 Å². The number of carbonyl (C=O) groups excluding carboxylic acids is 1. The number of hydrogen-bond acceptors (Lipinski definition) is 4. The summed E-state index contributed by atoms with van der Waals surface area (Å²) < 4.78 is 71.1. The van der Waals surface area contributed by atoms with Crippen molar-refractivity contribution in [2.24, 2.45) is 0 Å². The molecule has 168 valence electrons. The fourth-order valence-electron chi connectivity index (χ4n) is 3.27. The van der Waals surface area contributed by atoms with E-state index in [1.807, 2.05) is 4.72 Å². The van der Waals surface area contributed by atoms with E-state index in [1.54, 1.807) is 24.3 Å². The van der Waals surface area contributed by atoms with Gasteiger partial charge in [0.2, 0.25) is 10.0 Å². The second kappa shape index (κ2) is 8.66. The van der Waals surface area contributed by atoms with Gasteiger partial charge in [-0.3, -0.25) is 4.72 Å². The van der Waals surface area contributed by atoms with Crippen molar-refractivity contribution in [1.29, 1.82) is 0 Å². The maximum absolute atomic E-state index is 14.1. The number of hydrogen-bond donors (Lipinski definition) is 3. The monoisotopic (exact) mass is 457 g/mol. The van der Waals surface area contributed by atoms with Gasteiger partial charge in [0.1, 0.15) is 11.6 Å². The number of sulfonamides is 1. The van der Waals surface area contributed by atoms with E-state index in [4.69, 9.17) is 4.74 Å². The zero-order valence-corrected chi connectivity index (χ0v) is 17.6. The molecule has 11 heteroatoms. The number of para-hydroxylation sites is 1. The summed E-state index contributed by atoms with van der Waals surface area (Å²) in [6, 6.07) is 9.08. The highest BCUT2D eigenvalue weighted by molar-refractivity contribution is 7.92. The maximum atomic E-state index is 14.1. The number of urea groups is 1. The molecule has 2 atom stereocenters. The number of carbonyl (C=O) groups is 1. The number of benzene rings is 2. The highest BCUT2D eigenvalue weighted by Gasteiger charge is 2.44. The molecule has 0 bridgehead atoms. The van der Waals surface area contributed by atoms with Crippen molar-refractivity contribution >= 4 is 21.7 Å². The number of alkyl halides is 2. The highest BCUT2D eigenvalue weighted by Crippen LogP contribution is 2.42. The number of nitrogens with one attached hydrogen (secondary N) is 3. The molecule has 7 nitrogen and oxygen atoms in total. The van der Waals surface area contributed by atoms with E-state index in [9.17, 15) is 26.4 Å². The van der Waals surface area contributed by atoms with Crippen LogP contribution in [0.2, 0.25) is 0 Å². The minimum Gasteiger partial charge on any atom is -0.481 e. The first kappa shape index (κ1) is 22.7. The molecule has 0 aliphatic carbocycles. The van der Waals surface area contributed by atoms with E-state index in [-0.39, 0.29) is 24.4 Å². The second-order valence-electron chi connectivity index (χ2n) is 7.53. The van der Waals surface area contributed by atoms with Crippen molar-refractivity contribution < 1.29 is 31.1 Å². The summed E-state index contributed by atoms with van der Waals surface area (Å²) >= 11 is 0. The summed E-state index contributed by atoms with van der Waals surface area (Å²) in [6.45, 7) is 1.23. The average molecular weight is 457 g/mol. The Morgan fingerprint density at radius 3 is 2.61 bits per heavy atom. The number of ether oxygens (including phenoxy) is 1. The molecular weight excluding hydrogens is 435 g/mol. The van der Waals surface area contributed by atoms with E-state index in [0.29, 0.717) is 11.1 Å². The third-order valence-corrected chi connectivity index (χ3v) is 5.39. The molecule has 1 heterocycles. The number of amides is 2. The fraction of sp³-hybridized carbons (Fsp3) is 0.350. The Kier molecular flexibility index (Phi) is 6.35. The molecule has 0 fully saturated rings. The number of anilines is 1. The minimum absolute atomic E-state index is 0.0567. The van der Waals surface area contributed by atoms with Crippen LogP contribution in [-0.2, 0) is 16.6 Å². The Bertz CT molecular complexity index is 1080. The van der Waals surface area contributed by atoms with Crippen molar-refractivity contribution in [2.75, 3.05) is 11.0 Å². The van der Waals surface area contributed by atoms with Crippen LogP contribution in [0.5, 0.6) is 5.75 Å². The third kappa shape index (κ3) is 5.60. The second-order valence-corrected chi connectivity index (χ2v) is 9.27. The lowest BCUT2D eigenvalue weighted by Gasteiger charge is -2.39. The van der Waals surface area contributed by atoms with Gasteiger partial charge in [0.15, 0.2) is 5.60 Å². The van der Waals surface area contributed by atoms with Gasteiger partial charge in [-0.05, 0) is 30.7 Å². The average Bonchev–Trinajstić information content (AvgIpc) is 2.67. The lowest BCUT2D eigenvalue weighted by atomic mass is 9.88. The van der Waals surface area contributed by atoms with Crippen molar-refractivity contribution in [3.05, 3.63) is 59.4 Å². The standard InChI is InChI=1S/C20H22F3N3O4S/c1-20(18(22)23)10-16(13-5-3-4-6-17(13)30-20)25-19(27)24-11-12-7-8-15(14(21)9-12)26-31(2,28)29/h3-9,16,18,26H,10-11H2,1-2H3,(H2,24,25,27)/t16-,20?/m1/s1. The SMILES string of the molecule is CC1(C(F)F)C[C@@H](NC(=O)NCc2ccc(NS(C)(=O)=O)c(F)c2)c2ccccc2O1. The number of fused-ring (bicyclic) bond motifs is 1. The van der Waals surface area contributed by atoms with Crippen molar-refractivity contribution in [2.45, 2.75) is 38.0 Å². The molecule has 1 aliphatic heterocycles. The van der Waals surface area contributed by atoms with Crippen LogP contribution in [0.25, 0.3) is 0 Å². The zero-order valence-electron chi connectivity index (χ0n) is 16.8. The first-order valence-corrected chi connectivity index (χ1v) is 11.2. The van der Waals surface area contributed by atoms with E-state index >= 15 is 0 Å². The molecule has 0 saturated carbocycles. The molecule has 2 amide bonds. The summed E-state index contributed by atoms with van der Waals surface area (Å²) in [5.41, 5.74) is -0.993. The highest BCUT2D eigenvalue weighted by atomic mass is 32.2. The van der Waals surface area contributed by atoms with Gasteiger partial charge in [0.05, 0.1) is 18.0 Å². The fourth-order valence-corrected chi connectivity index (χ4v) is 3.84. The molecular formula is C20H22F3N3O4S. The Labute approximate surface area is 178 Å². The smallest absolute Gasteiger partial charge is 0.315 e. The molecule has 3 rings (SSSR count). The van der Waals surface area contributed by atoms with Gasteiger partial charge in [-0.25, -0.2) is 26.4 Å². The lowest BCUT2D eigenvalue weighted by Crippen LogP contribution is -2.49. The first-order valence-electron chi connectivity index (χ1n) is 9.33. The minimum atomic E-state index is -3.63. The van der Waals surface area contributed by atoms with E-state index in [1.165, 1.54) is 19.1 Å². The topological polar surface area (TPSA) is 96.5 Å². The Morgan fingerprint density at radius 2 is 1.97 bits per heavy atom. The molecule has 31 heavy (non-hydrogen) atoms. The van der Waals surface area contributed by atoms with Gasteiger partial charge in [0.25, 0.3) is 6.43 Å². The molecule has 1 unspecified atom stereocenters. The maximum Gasteiger partial charge on any atom is 0.315 e. The van der Waals surface area contributed by atoms with Crippen LogP contribution in [-0.4, -0.2) is 32.7 Å². The summed E-state index contributed by atoms with van der Waals surface area (Å²) in [7, 11) is -3.63. The molecule has 0 spiro atoms. The normalized spacial score (nSPS) is 20.5. The molecule has 3 N–H and O–H groups in total. The predicted molar refractivity (Wildman–Crippen MR) is 109 cm³/mol. The van der Waals surface area contributed by atoms with Gasteiger partial charge in [-0.2, -0.15) is 0 Å². The Hall–Kier alpha value is -2.95. The van der Waals surface area contributed by atoms with Crippen LogP contribution >= 0.6 is 0 Å². The molecule has 2 aromatic rings. The van der Waals surface area contributed by atoms with Crippen molar-refractivity contribution in [3.63, 3.8) is 0 Å². The summed E-state index contributed by atoms with van der Waals surface area (Å²) in [5, 5.41) is 5.21. The van der Waals surface area contributed by atoms with Gasteiger partial charge in [-0.1, -0.05) is 24.3 Å². The molecule has 2 aromatic carbocycles. The van der Waals surface area contributed by atoms with E-state index in [0.717, 1.165) is 12.3 Å². The summed E-state index contributed by atoms with van der Waals surface area (Å²) in [6.07, 6.45) is -1.98. The van der Waals surface area contributed by atoms with E-state index in [2.05, 4.69) is 10.6 Å². The van der Waals surface area contributed by atoms with Gasteiger partial charge < -0.3 is 15.4 Å². The Balaban J connectivity index is 1.66. The summed E-state index contributed by atoms with van der Waals surface area (Å²) in [5.74, 6) is -0.519. The van der Waals surface area contributed by atoms with Gasteiger partial charge in [0, 0.05) is 18.5 Å². The van der Waals surface area contributed by atoms with Crippen LogP contribution in [0.15, 0.2) is 42.5 Å². The van der Waals surface area contributed by atoms with Crippen LogP contribution in [0, 0.1) is 5.82 Å². The molecule has 0 radical (unpaired) electrons. The van der Waals surface area contributed by atoms with Crippen LogP contribution in [0.3, 0.4) is 0 Å². The largest absolute Gasteiger partial charge is 0.481 e. The zero-order chi connectivity index (χ0) is 22.8. The predicted octanol–water partition coefficient (Wildman–Crippen LogP) is 3.54. The molecule has 0 aromatic heterocycles. The Morgan fingerprint density at radius 1 is 1.26 bits per heavy atom. The van der Waals surface area contributed by atoms with Crippen LogP contribution in [0.1, 0.15) is 30.5 Å².